The summed E-state index contributed by atoms with van der Waals surface area (Å²) >= 11 is 0. The Bertz CT molecular complexity index is 421. The predicted molar refractivity (Wildman–Crippen MR) is 76.1 cm³/mol. The first-order valence-electron chi connectivity index (χ1n) is 7.09. The summed E-state index contributed by atoms with van der Waals surface area (Å²) in [6, 6.07) is 11.0. The molecule has 0 amide bonds. The monoisotopic (exact) mass is 258 g/mol. The summed E-state index contributed by atoms with van der Waals surface area (Å²) in [6.45, 7) is 0.940. The zero-order chi connectivity index (χ0) is 13.5. The molecule has 0 aliphatic heterocycles. The van der Waals surface area contributed by atoms with Crippen molar-refractivity contribution in [3.63, 3.8) is 0 Å². The zero-order valence-corrected chi connectivity index (χ0v) is 11.6. The van der Waals surface area contributed by atoms with Gasteiger partial charge in [-0.1, -0.05) is 25.0 Å². The van der Waals surface area contributed by atoms with Gasteiger partial charge < -0.3 is 10.1 Å². The lowest BCUT2D eigenvalue weighted by molar-refractivity contribution is 0.314. The second-order valence-electron chi connectivity index (χ2n) is 5.18. The van der Waals surface area contributed by atoms with E-state index >= 15 is 0 Å². The topological polar surface area (TPSA) is 45.0 Å². The minimum Gasteiger partial charge on any atom is -0.497 e. The number of nitrogens with one attached hydrogen (secondary N) is 1. The summed E-state index contributed by atoms with van der Waals surface area (Å²) in [5.74, 6) is 1.10. The lowest BCUT2D eigenvalue weighted by atomic mass is 9.85. The van der Waals surface area contributed by atoms with Gasteiger partial charge in [-0.3, -0.25) is 0 Å². The van der Waals surface area contributed by atoms with Crippen LogP contribution in [-0.2, 0) is 6.42 Å². The Labute approximate surface area is 115 Å². The van der Waals surface area contributed by atoms with Gasteiger partial charge in [0.2, 0.25) is 0 Å². The fourth-order valence-electron chi connectivity index (χ4n) is 2.72. The van der Waals surface area contributed by atoms with E-state index in [4.69, 9.17) is 10.00 Å². The van der Waals surface area contributed by atoms with E-state index in [-0.39, 0.29) is 5.92 Å². The minimum absolute atomic E-state index is 0.199. The molecule has 102 valence electrons. The Morgan fingerprint density at radius 3 is 2.68 bits per heavy atom. The third kappa shape index (κ3) is 3.97. The highest BCUT2D eigenvalue weighted by Gasteiger charge is 2.23. The summed E-state index contributed by atoms with van der Waals surface area (Å²) in [5.41, 5.74) is 1.30. The molecule has 1 saturated carbocycles. The van der Waals surface area contributed by atoms with Crippen molar-refractivity contribution >= 4 is 0 Å². The Kier molecular flexibility index (Phi) is 5.23. The molecule has 2 rings (SSSR count). The number of nitrogens with zero attached hydrogens (tertiary/aromatic N) is 1. The molecule has 0 saturated heterocycles. The van der Waals surface area contributed by atoms with Crippen LogP contribution in [-0.4, -0.2) is 19.7 Å². The van der Waals surface area contributed by atoms with Crippen LogP contribution in [0.4, 0.5) is 0 Å². The molecule has 0 radical (unpaired) electrons. The van der Waals surface area contributed by atoms with E-state index in [2.05, 4.69) is 23.5 Å². The molecule has 2 unspecified atom stereocenters. The second kappa shape index (κ2) is 7.16. The molecule has 1 fully saturated rings. The van der Waals surface area contributed by atoms with Crippen molar-refractivity contribution < 1.29 is 4.74 Å². The summed E-state index contributed by atoms with van der Waals surface area (Å²) in [7, 11) is 1.68. The van der Waals surface area contributed by atoms with Crippen molar-refractivity contribution in [3.05, 3.63) is 29.8 Å². The third-order valence-corrected chi connectivity index (χ3v) is 3.91. The molecule has 0 spiro atoms. The van der Waals surface area contributed by atoms with E-state index in [0.29, 0.717) is 6.04 Å². The number of methoxy groups -OCH3 is 1. The summed E-state index contributed by atoms with van der Waals surface area (Å²) in [6.07, 6.45) is 5.64. The van der Waals surface area contributed by atoms with Crippen LogP contribution in [0, 0.1) is 17.2 Å². The molecule has 1 N–H and O–H groups in total. The molecule has 1 aromatic carbocycles. The first kappa shape index (κ1) is 13.9. The van der Waals surface area contributed by atoms with Crippen LogP contribution in [0.3, 0.4) is 0 Å². The minimum atomic E-state index is 0.199. The first-order valence-corrected chi connectivity index (χ1v) is 7.09. The van der Waals surface area contributed by atoms with Gasteiger partial charge in [0.05, 0.1) is 19.1 Å². The molecule has 0 heterocycles. The van der Waals surface area contributed by atoms with Crippen LogP contribution in [0.1, 0.15) is 31.2 Å². The maximum atomic E-state index is 9.13. The quantitative estimate of drug-likeness (QED) is 0.883. The Morgan fingerprint density at radius 2 is 2.00 bits per heavy atom. The number of hydrogen-bond acceptors (Lipinski definition) is 3. The smallest absolute Gasteiger partial charge is 0.118 e. The standard InChI is InChI=1S/C16H22N2O/c1-19-15-8-6-13(7-9-15)10-11-18-16-5-3-2-4-14(16)12-17/h6-9,14,16,18H,2-5,10-11H2,1H3. The van der Waals surface area contributed by atoms with Crippen LogP contribution in [0.15, 0.2) is 24.3 Å². The van der Waals surface area contributed by atoms with Gasteiger partial charge in [0.1, 0.15) is 5.75 Å². The maximum absolute atomic E-state index is 9.13. The number of nitriles is 1. The van der Waals surface area contributed by atoms with Gasteiger partial charge >= 0.3 is 0 Å². The molecule has 1 aromatic rings. The van der Waals surface area contributed by atoms with E-state index in [1.807, 2.05) is 12.1 Å². The molecular formula is C16H22N2O. The summed E-state index contributed by atoms with van der Waals surface area (Å²) in [4.78, 5) is 0. The van der Waals surface area contributed by atoms with Gasteiger partial charge in [-0.2, -0.15) is 5.26 Å². The number of benzene rings is 1. The van der Waals surface area contributed by atoms with E-state index in [9.17, 15) is 0 Å². The molecular weight excluding hydrogens is 236 g/mol. The molecule has 3 heteroatoms. The second-order valence-corrected chi connectivity index (χ2v) is 5.18. The Balaban J connectivity index is 1.77. The molecule has 1 aliphatic rings. The highest BCUT2D eigenvalue weighted by atomic mass is 16.5. The van der Waals surface area contributed by atoms with Crippen LogP contribution in [0.25, 0.3) is 0 Å². The van der Waals surface area contributed by atoms with Gasteiger partial charge in [0.15, 0.2) is 0 Å². The van der Waals surface area contributed by atoms with Gasteiger partial charge in [0.25, 0.3) is 0 Å². The molecule has 2 atom stereocenters. The molecule has 19 heavy (non-hydrogen) atoms. The highest BCUT2D eigenvalue weighted by molar-refractivity contribution is 5.27. The molecule has 0 aromatic heterocycles. The van der Waals surface area contributed by atoms with E-state index in [1.165, 1.54) is 18.4 Å². The fourth-order valence-corrected chi connectivity index (χ4v) is 2.72. The van der Waals surface area contributed by atoms with Gasteiger partial charge in [0, 0.05) is 6.04 Å². The highest BCUT2D eigenvalue weighted by Crippen LogP contribution is 2.23. The number of rotatable bonds is 5. The van der Waals surface area contributed by atoms with Crippen LogP contribution >= 0.6 is 0 Å². The van der Waals surface area contributed by atoms with Crippen molar-refractivity contribution in [2.24, 2.45) is 5.92 Å². The van der Waals surface area contributed by atoms with Crippen molar-refractivity contribution in [3.8, 4) is 11.8 Å². The van der Waals surface area contributed by atoms with Crippen molar-refractivity contribution in [2.75, 3.05) is 13.7 Å². The first-order chi connectivity index (χ1) is 9.33. The molecule has 3 nitrogen and oxygen atoms in total. The van der Waals surface area contributed by atoms with Gasteiger partial charge in [-0.05, 0) is 43.5 Å². The van der Waals surface area contributed by atoms with Crippen LogP contribution in [0.2, 0.25) is 0 Å². The average molecular weight is 258 g/mol. The Hall–Kier alpha value is -1.53. The fraction of sp³-hybridized carbons (Fsp3) is 0.562. The van der Waals surface area contributed by atoms with E-state index < -0.39 is 0 Å². The van der Waals surface area contributed by atoms with E-state index in [0.717, 1.165) is 31.6 Å². The summed E-state index contributed by atoms with van der Waals surface area (Å²) < 4.78 is 5.15. The normalized spacial score (nSPS) is 22.7. The van der Waals surface area contributed by atoms with Crippen LogP contribution in [0.5, 0.6) is 5.75 Å². The van der Waals surface area contributed by atoms with Gasteiger partial charge in [-0.25, -0.2) is 0 Å². The van der Waals surface area contributed by atoms with E-state index in [1.54, 1.807) is 7.11 Å². The SMILES string of the molecule is COc1ccc(CCNC2CCCCC2C#N)cc1. The lowest BCUT2D eigenvalue weighted by Gasteiger charge is -2.27. The lowest BCUT2D eigenvalue weighted by Crippen LogP contribution is -2.38. The number of ether oxygens (including phenoxy) is 1. The van der Waals surface area contributed by atoms with Crippen LogP contribution < -0.4 is 10.1 Å². The van der Waals surface area contributed by atoms with Crippen molar-refractivity contribution in [1.29, 1.82) is 5.26 Å². The summed E-state index contributed by atoms with van der Waals surface area (Å²) in [5, 5.41) is 12.7. The van der Waals surface area contributed by atoms with Crippen molar-refractivity contribution in [2.45, 2.75) is 38.1 Å². The Morgan fingerprint density at radius 1 is 1.26 bits per heavy atom. The molecule has 0 bridgehead atoms. The maximum Gasteiger partial charge on any atom is 0.118 e. The zero-order valence-electron chi connectivity index (χ0n) is 11.6. The predicted octanol–water partition coefficient (Wildman–Crippen LogP) is 2.91. The third-order valence-electron chi connectivity index (χ3n) is 3.91. The van der Waals surface area contributed by atoms with Gasteiger partial charge in [-0.15, -0.1) is 0 Å². The van der Waals surface area contributed by atoms with Crippen molar-refractivity contribution in [1.82, 2.24) is 5.32 Å². The average Bonchev–Trinajstić information content (AvgIpc) is 2.48. The number of hydrogen-bond donors (Lipinski definition) is 1. The molecule has 1 aliphatic carbocycles. The largest absolute Gasteiger partial charge is 0.497 e.